The summed E-state index contributed by atoms with van der Waals surface area (Å²) in [5.41, 5.74) is -1.71. The van der Waals surface area contributed by atoms with Gasteiger partial charge in [-0.2, -0.15) is 0 Å². The van der Waals surface area contributed by atoms with Crippen LogP contribution in [0.25, 0.3) is 0 Å². The predicted octanol–water partition coefficient (Wildman–Crippen LogP) is -3.14. The first-order valence-electron chi connectivity index (χ1n) is 6.42. The van der Waals surface area contributed by atoms with Gasteiger partial charge in [0.2, 0.25) is 0 Å². The summed E-state index contributed by atoms with van der Waals surface area (Å²) >= 11 is 0. The zero-order valence-corrected chi connectivity index (χ0v) is 11.6. The van der Waals surface area contributed by atoms with Crippen molar-refractivity contribution in [3.05, 3.63) is 32.6 Å². The van der Waals surface area contributed by atoms with Crippen molar-refractivity contribution < 1.29 is 29.6 Å². The number of esters is 1. The average molecular weight is 316 g/mol. The average Bonchev–Trinajstić information content (AvgIpc) is 2.77. The molecule has 0 radical (unpaired) electrons. The number of rotatable bonds is 4. The SMILES string of the molecule is COC(=O)Cc1cn([C@@H]2O[C@H](CO)C(O)C2O)c(=O)[nH]c1=O. The van der Waals surface area contributed by atoms with Gasteiger partial charge < -0.3 is 24.8 Å². The molecule has 2 heterocycles. The van der Waals surface area contributed by atoms with Gasteiger partial charge in [0.05, 0.1) is 20.1 Å². The minimum Gasteiger partial charge on any atom is -0.469 e. The van der Waals surface area contributed by atoms with E-state index in [1.807, 2.05) is 4.98 Å². The van der Waals surface area contributed by atoms with Gasteiger partial charge in [-0.3, -0.25) is 19.1 Å². The molecule has 1 aliphatic rings. The molecule has 1 aliphatic heterocycles. The van der Waals surface area contributed by atoms with E-state index >= 15 is 0 Å². The van der Waals surface area contributed by atoms with Crippen molar-refractivity contribution in [2.75, 3.05) is 13.7 Å². The van der Waals surface area contributed by atoms with Crippen molar-refractivity contribution in [2.45, 2.75) is 31.0 Å². The van der Waals surface area contributed by atoms with Crippen LogP contribution in [0.4, 0.5) is 0 Å². The zero-order chi connectivity index (χ0) is 16.4. The van der Waals surface area contributed by atoms with E-state index in [-0.39, 0.29) is 12.0 Å². The summed E-state index contributed by atoms with van der Waals surface area (Å²) in [6.07, 6.45) is -4.56. The maximum Gasteiger partial charge on any atom is 0.330 e. The van der Waals surface area contributed by atoms with Crippen molar-refractivity contribution in [1.82, 2.24) is 9.55 Å². The number of aliphatic hydroxyl groups is 3. The second-order valence-electron chi connectivity index (χ2n) is 4.80. The van der Waals surface area contributed by atoms with Gasteiger partial charge in [-0.15, -0.1) is 0 Å². The molecule has 10 heteroatoms. The van der Waals surface area contributed by atoms with Gasteiger partial charge in [0.1, 0.15) is 18.3 Å². The van der Waals surface area contributed by atoms with Gasteiger partial charge in [0.15, 0.2) is 6.23 Å². The predicted molar refractivity (Wildman–Crippen MR) is 70.1 cm³/mol. The Bertz CT molecular complexity index is 666. The smallest absolute Gasteiger partial charge is 0.330 e. The summed E-state index contributed by atoms with van der Waals surface area (Å²) in [6, 6.07) is 0. The quantitative estimate of drug-likeness (QED) is 0.425. The first-order valence-corrected chi connectivity index (χ1v) is 6.42. The number of hydrogen-bond acceptors (Lipinski definition) is 8. The number of nitrogens with zero attached hydrogens (tertiary/aromatic N) is 1. The fourth-order valence-corrected chi connectivity index (χ4v) is 2.18. The van der Waals surface area contributed by atoms with Crippen molar-refractivity contribution in [1.29, 1.82) is 0 Å². The fourth-order valence-electron chi connectivity index (χ4n) is 2.18. The number of hydrogen-bond donors (Lipinski definition) is 4. The molecular formula is C12H16N2O8. The lowest BCUT2D eigenvalue weighted by Crippen LogP contribution is -2.39. The monoisotopic (exact) mass is 316 g/mol. The molecule has 122 valence electrons. The molecule has 1 saturated heterocycles. The summed E-state index contributed by atoms with van der Waals surface area (Å²) in [5.74, 6) is -0.683. The summed E-state index contributed by atoms with van der Waals surface area (Å²) in [6.45, 7) is -0.554. The first-order chi connectivity index (χ1) is 10.4. The number of aromatic amines is 1. The van der Waals surface area contributed by atoms with Crippen molar-refractivity contribution in [2.24, 2.45) is 0 Å². The van der Waals surface area contributed by atoms with Crippen molar-refractivity contribution in [3.8, 4) is 0 Å². The van der Waals surface area contributed by atoms with E-state index in [4.69, 9.17) is 9.84 Å². The van der Waals surface area contributed by atoms with Crippen LogP contribution >= 0.6 is 0 Å². The van der Waals surface area contributed by atoms with Crippen LogP contribution in [0.5, 0.6) is 0 Å². The molecular weight excluding hydrogens is 300 g/mol. The molecule has 0 spiro atoms. The lowest BCUT2D eigenvalue weighted by atomic mass is 10.1. The second kappa shape index (κ2) is 6.40. The Balaban J connectivity index is 2.39. The Kier molecular flexibility index (Phi) is 4.76. The Morgan fingerprint density at radius 1 is 1.41 bits per heavy atom. The number of aliphatic hydroxyl groups excluding tert-OH is 3. The molecule has 0 saturated carbocycles. The highest BCUT2D eigenvalue weighted by Gasteiger charge is 2.43. The van der Waals surface area contributed by atoms with Crippen LogP contribution in [-0.2, 0) is 20.7 Å². The standard InChI is InChI=1S/C12H16N2O8/c1-21-7(16)2-5-3-14(12(20)13-10(5)19)11-9(18)8(17)6(4-15)22-11/h3,6,8-9,11,15,17-18H,2,4H2,1H3,(H,13,19,20)/t6-,8?,9?,11-/m1/s1. The molecule has 0 amide bonds. The Labute approximate surface area is 123 Å². The van der Waals surface area contributed by atoms with Crippen molar-refractivity contribution in [3.63, 3.8) is 0 Å². The van der Waals surface area contributed by atoms with E-state index in [0.717, 1.165) is 17.9 Å². The van der Waals surface area contributed by atoms with Crippen LogP contribution in [-0.4, -0.2) is 62.9 Å². The third-order valence-electron chi connectivity index (χ3n) is 3.40. The minimum absolute atomic E-state index is 0.0656. The van der Waals surface area contributed by atoms with Gasteiger partial charge >= 0.3 is 11.7 Å². The molecule has 2 unspecified atom stereocenters. The third-order valence-corrected chi connectivity index (χ3v) is 3.40. The molecule has 0 aromatic carbocycles. The molecule has 0 bridgehead atoms. The largest absolute Gasteiger partial charge is 0.469 e. The molecule has 1 fully saturated rings. The minimum atomic E-state index is -1.48. The zero-order valence-electron chi connectivity index (χ0n) is 11.6. The molecule has 4 N–H and O–H groups in total. The third kappa shape index (κ3) is 2.95. The first kappa shape index (κ1) is 16.4. The van der Waals surface area contributed by atoms with E-state index in [9.17, 15) is 24.6 Å². The molecule has 22 heavy (non-hydrogen) atoms. The number of nitrogens with one attached hydrogen (secondary N) is 1. The number of carbonyl (C=O) groups is 1. The molecule has 4 atom stereocenters. The van der Waals surface area contributed by atoms with Gasteiger partial charge in [0.25, 0.3) is 5.56 Å². The van der Waals surface area contributed by atoms with E-state index in [0.29, 0.717) is 0 Å². The van der Waals surface area contributed by atoms with Gasteiger partial charge in [-0.25, -0.2) is 4.79 Å². The Morgan fingerprint density at radius 2 is 2.09 bits per heavy atom. The highest BCUT2D eigenvalue weighted by atomic mass is 16.6. The lowest BCUT2D eigenvalue weighted by Gasteiger charge is -2.17. The summed E-state index contributed by atoms with van der Waals surface area (Å²) in [5, 5.41) is 28.6. The Hall–Kier alpha value is -2.01. The summed E-state index contributed by atoms with van der Waals surface area (Å²) in [4.78, 5) is 36.7. The number of aromatic nitrogens is 2. The van der Waals surface area contributed by atoms with Crippen LogP contribution in [0.2, 0.25) is 0 Å². The van der Waals surface area contributed by atoms with Gasteiger partial charge in [-0.05, 0) is 0 Å². The summed E-state index contributed by atoms with van der Waals surface area (Å²) < 4.78 is 10.5. The fraction of sp³-hybridized carbons (Fsp3) is 0.583. The molecule has 2 rings (SSSR count). The highest BCUT2D eigenvalue weighted by molar-refractivity contribution is 5.72. The van der Waals surface area contributed by atoms with Gasteiger partial charge in [-0.1, -0.05) is 0 Å². The van der Waals surface area contributed by atoms with Crippen LogP contribution in [0.1, 0.15) is 11.8 Å². The van der Waals surface area contributed by atoms with Crippen LogP contribution in [0.3, 0.4) is 0 Å². The Morgan fingerprint density at radius 3 is 2.64 bits per heavy atom. The summed E-state index contributed by atoms with van der Waals surface area (Å²) in [7, 11) is 1.15. The maximum atomic E-state index is 11.8. The van der Waals surface area contributed by atoms with E-state index in [2.05, 4.69) is 4.74 Å². The number of carbonyl (C=O) groups excluding carboxylic acids is 1. The van der Waals surface area contributed by atoms with Crippen LogP contribution in [0.15, 0.2) is 15.8 Å². The topological polar surface area (TPSA) is 151 Å². The second-order valence-corrected chi connectivity index (χ2v) is 4.80. The van der Waals surface area contributed by atoms with E-state index in [1.54, 1.807) is 0 Å². The van der Waals surface area contributed by atoms with Crippen molar-refractivity contribution >= 4 is 5.97 Å². The number of H-pyrrole nitrogens is 1. The van der Waals surface area contributed by atoms with E-state index < -0.39 is 48.4 Å². The molecule has 1 aromatic heterocycles. The van der Waals surface area contributed by atoms with Crippen LogP contribution in [0, 0.1) is 0 Å². The maximum absolute atomic E-state index is 11.8. The van der Waals surface area contributed by atoms with Gasteiger partial charge in [0, 0.05) is 11.8 Å². The normalized spacial score (nSPS) is 27.8. The number of methoxy groups -OCH3 is 1. The lowest BCUT2D eigenvalue weighted by molar-refractivity contribution is -0.139. The molecule has 1 aromatic rings. The van der Waals surface area contributed by atoms with E-state index in [1.165, 1.54) is 0 Å². The highest BCUT2D eigenvalue weighted by Crippen LogP contribution is 2.27. The number of ether oxygens (including phenoxy) is 2. The molecule has 0 aliphatic carbocycles. The van der Waals surface area contributed by atoms with Crippen LogP contribution < -0.4 is 11.2 Å². The molecule has 10 nitrogen and oxygen atoms in total.